The molecular formula is C22H17ClN4O. The van der Waals surface area contributed by atoms with E-state index in [-0.39, 0.29) is 11.7 Å². The Morgan fingerprint density at radius 2 is 1.89 bits per heavy atom. The molecule has 4 aromatic rings. The van der Waals surface area contributed by atoms with Crippen LogP contribution in [0.25, 0.3) is 17.2 Å². The van der Waals surface area contributed by atoms with Gasteiger partial charge < -0.3 is 0 Å². The number of Topliss-reactive ketones (excluding diaryl/α,β-unsaturated/α-hetero) is 1. The molecule has 0 unspecified atom stereocenters. The van der Waals surface area contributed by atoms with Crippen molar-refractivity contribution in [1.29, 1.82) is 0 Å². The van der Waals surface area contributed by atoms with E-state index in [4.69, 9.17) is 11.6 Å². The second-order valence-corrected chi connectivity index (χ2v) is 7.67. The number of hydrogen-bond acceptors (Lipinski definition) is 4. The van der Waals surface area contributed by atoms with Gasteiger partial charge in [0.2, 0.25) is 0 Å². The highest BCUT2D eigenvalue weighted by molar-refractivity contribution is 6.30. The van der Waals surface area contributed by atoms with Crippen molar-refractivity contribution in [3.05, 3.63) is 82.1 Å². The van der Waals surface area contributed by atoms with E-state index < -0.39 is 0 Å². The molecule has 0 aliphatic heterocycles. The minimum atomic E-state index is 0.102. The number of nitrogens with zero attached hydrogens (tertiary/aromatic N) is 4. The number of benzene rings is 2. The van der Waals surface area contributed by atoms with Gasteiger partial charge in [-0.15, -0.1) is 5.10 Å². The summed E-state index contributed by atoms with van der Waals surface area (Å²) in [5.74, 6) is 1.31. The fourth-order valence-electron chi connectivity index (χ4n) is 3.76. The van der Waals surface area contributed by atoms with E-state index in [1.165, 1.54) is 11.1 Å². The van der Waals surface area contributed by atoms with Gasteiger partial charge in [-0.2, -0.15) is 4.98 Å². The summed E-state index contributed by atoms with van der Waals surface area (Å²) < 4.78 is 1.59. The van der Waals surface area contributed by atoms with Crippen molar-refractivity contribution in [3.63, 3.8) is 0 Å². The lowest BCUT2D eigenvalue weighted by atomic mass is 9.82. The van der Waals surface area contributed by atoms with Gasteiger partial charge in [-0.3, -0.25) is 4.79 Å². The molecule has 0 spiro atoms. The third kappa shape index (κ3) is 2.98. The van der Waals surface area contributed by atoms with E-state index in [1.807, 2.05) is 18.2 Å². The third-order valence-electron chi connectivity index (χ3n) is 5.20. The van der Waals surface area contributed by atoms with Gasteiger partial charge >= 0.3 is 0 Å². The van der Waals surface area contributed by atoms with Crippen LogP contribution >= 0.6 is 11.6 Å². The Balaban J connectivity index is 1.55. The summed E-state index contributed by atoms with van der Waals surface area (Å²) in [5, 5.41) is 5.15. The number of rotatable bonds is 2. The van der Waals surface area contributed by atoms with Gasteiger partial charge in [-0.05, 0) is 49.1 Å². The van der Waals surface area contributed by atoms with Crippen molar-refractivity contribution >= 4 is 23.2 Å². The Hall–Kier alpha value is -3.05. The maximum absolute atomic E-state index is 12.8. The van der Waals surface area contributed by atoms with Crippen molar-refractivity contribution in [2.45, 2.75) is 25.7 Å². The predicted molar refractivity (Wildman–Crippen MR) is 108 cm³/mol. The molecule has 0 fully saturated rings. The van der Waals surface area contributed by atoms with Gasteiger partial charge in [-0.1, -0.05) is 41.4 Å². The van der Waals surface area contributed by atoms with Crippen molar-refractivity contribution in [1.82, 2.24) is 19.6 Å². The zero-order valence-corrected chi connectivity index (χ0v) is 16.0. The molecule has 2 aromatic heterocycles. The first-order chi connectivity index (χ1) is 13.6. The molecule has 1 aliphatic rings. The van der Waals surface area contributed by atoms with Crippen LogP contribution in [-0.4, -0.2) is 25.4 Å². The number of aryl methyl sites for hydroxylation is 1. The molecule has 1 atom stereocenters. The highest BCUT2D eigenvalue weighted by Crippen LogP contribution is 2.32. The summed E-state index contributed by atoms with van der Waals surface area (Å²) in [4.78, 5) is 22.0. The lowest BCUT2D eigenvalue weighted by Crippen LogP contribution is -2.21. The van der Waals surface area contributed by atoms with E-state index in [0.29, 0.717) is 28.6 Å². The molecule has 0 saturated carbocycles. The molecule has 2 aromatic carbocycles. The van der Waals surface area contributed by atoms with Gasteiger partial charge in [0.15, 0.2) is 11.6 Å². The first-order valence-corrected chi connectivity index (χ1v) is 9.56. The maximum atomic E-state index is 12.8. The first-order valence-electron chi connectivity index (χ1n) is 9.19. The lowest BCUT2D eigenvalue weighted by molar-refractivity contribution is 0.0962. The standard InChI is InChI=1S/C22H17ClN4O/c1-13-3-2-4-15(9-13)16-10-19-18(20(28)11-16)12-27-22(24-19)25-21(26-27)14-5-7-17(23)8-6-14/h2-9,12,16H,10-11H2,1H3/t16-/m1/s1. The second-order valence-electron chi connectivity index (χ2n) is 7.23. The Kier molecular flexibility index (Phi) is 3.98. The molecule has 0 saturated heterocycles. The molecule has 138 valence electrons. The van der Waals surface area contributed by atoms with Crippen LogP contribution in [0.1, 0.15) is 39.5 Å². The molecular weight excluding hydrogens is 372 g/mol. The number of carbonyl (C=O) groups excluding carboxylic acids is 1. The van der Waals surface area contributed by atoms with E-state index in [0.717, 1.165) is 17.7 Å². The van der Waals surface area contributed by atoms with Crippen LogP contribution in [-0.2, 0) is 6.42 Å². The van der Waals surface area contributed by atoms with E-state index >= 15 is 0 Å². The van der Waals surface area contributed by atoms with E-state index in [1.54, 1.807) is 22.8 Å². The van der Waals surface area contributed by atoms with Gasteiger partial charge in [0.1, 0.15) is 0 Å². The molecule has 5 nitrogen and oxygen atoms in total. The van der Waals surface area contributed by atoms with Crippen LogP contribution in [0.15, 0.2) is 54.7 Å². The Labute approximate surface area is 167 Å². The normalized spacial score (nSPS) is 16.4. The Morgan fingerprint density at radius 1 is 1.07 bits per heavy atom. The van der Waals surface area contributed by atoms with Crippen molar-refractivity contribution < 1.29 is 4.79 Å². The maximum Gasteiger partial charge on any atom is 0.252 e. The summed E-state index contributed by atoms with van der Waals surface area (Å²) in [6, 6.07) is 15.7. The van der Waals surface area contributed by atoms with Gasteiger partial charge in [0.05, 0.1) is 11.3 Å². The summed E-state index contributed by atoms with van der Waals surface area (Å²) >= 11 is 5.96. The van der Waals surface area contributed by atoms with E-state index in [2.05, 4.69) is 40.2 Å². The topological polar surface area (TPSA) is 60.2 Å². The quantitative estimate of drug-likeness (QED) is 0.500. The Bertz CT molecular complexity index is 1210. The van der Waals surface area contributed by atoms with Crippen molar-refractivity contribution in [2.24, 2.45) is 0 Å². The summed E-state index contributed by atoms with van der Waals surface area (Å²) in [7, 11) is 0. The Morgan fingerprint density at radius 3 is 2.68 bits per heavy atom. The zero-order chi connectivity index (χ0) is 19.3. The lowest BCUT2D eigenvalue weighted by Gasteiger charge is -2.23. The van der Waals surface area contributed by atoms with Crippen LogP contribution < -0.4 is 0 Å². The number of ketones is 1. The van der Waals surface area contributed by atoms with Crippen molar-refractivity contribution in [2.75, 3.05) is 0 Å². The van der Waals surface area contributed by atoms with Crippen LogP contribution in [0.5, 0.6) is 0 Å². The smallest absolute Gasteiger partial charge is 0.252 e. The molecule has 2 heterocycles. The summed E-state index contributed by atoms with van der Waals surface area (Å²) in [6.45, 7) is 2.07. The van der Waals surface area contributed by atoms with E-state index in [9.17, 15) is 4.79 Å². The average Bonchev–Trinajstić information content (AvgIpc) is 3.10. The first kappa shape index (κ1) is 17.1. The SMILES string of the molecule is Cc1cccc([C@H]2CC(=O)c3cn4nc(-c5ccc(Cl)cc5)nc4nc3C2)c1. The summed E-state index contributed by atoms with van der Waals surface area (Å²) in [6.07, 6.45) is 2.98. The monoisotopic (exact) mass is 388 g/mol. The number of hydrogen-bond donors (Lipinski definition) is 0. The second kappa shape index (κ2) is 6.53. The van der Waals surface area contributed by atoms with Gasteiger partial charge in [0, 0.05) is 23.2 Å². The molecule has 0 radical (unpaired) electrons. The predicted octanol–water partition coefficient (Wildman–Crippen LogP) is 4.67. The highest BCUT2D eigenvalue weighted by Gasteiger charge is 2.28. The molecule has 28 heavy (non-hydrogen) atoms. The number of carbonyl (C=O) groups is 1. The summed E-state index contributed by atoms with van der Waals surface area (Å²) in [5.41, 5.74) is 4.68. The average molecular weight is 389 g/mol. The number of aromatic nitrogens is 4. The molecule has 0 bridgehead atoms. The molecule has 6 heteroatoms. The van der Waals surface area contributed by atoms with Crippen LogP contribution in [0.3, 0.4) is 0 Å². The fourth-order valence-corrected chi connectivity index (χ4v) is 3.89. The highest BCUT2D eigenvalue weighted by atomic mass is 35.5. The molecule has 5 rings (SSSR count). The zero-order valence-electron chi connectivity index (χ0n) is 15.3. The molecule has 0 N–H and O–H groups in total. The minimum Gasteiger partial charge on any atom is -0.294 e. The van der Waals surface area contributed by atoms with Gasteiger partial charge in [-0.25, -0.2) is 9.50 Å². The van der Waals surface area contributed by atoms with Crippen molar-refractivity contribution in [3.8, 4) is 11.4 Å². The molecule has 1 aliphatic carbocycles. The van der Waals surface area contributed by atoms with Crippen LogP contribution in [0.2, 0.25) is 5.02 Å². The number of halogens is 1. The van der Waals surface area contributed by atoms with Crippen LogP contribution in [0, 0.1) is 6.92 Å². The third-order valence-corrected chi connectivity index (χ3v) is 5.45. The largest absolute Gasteiger partial charge is 0.294 e. The minimum absolute atomic E-state index is 0.102. The molecule has 0 amide bonds. The number of fused-ring (bicyclic) bond motifs is 2. The van der Waals surface area contributed by atoms with Crippen LogP contribution in [0.4, 0.5) is 0 Å². The van der Waals surface area contributed by atoms with Gasteiger partial charge in [0.25, 0.3) is 5.78 Å². The fraction of sp³-hybridized carbons (Fsp3) is 0.182.